The topological polar surface area (TPSA) is 64.3 Å². The van der Waals surface area contributed by atoms with Gasteiger partial charge in [-0.15, -0.1) is 11.3 Å². The molecule has 0 saturated heterocycles. The van der Waals surface area contributed by atoms with E-state index in [-0.39, 0.29) is 0 Å². The average molecular weight is 266 g/mol. The minimum atomic E-state index is 0.331. The summed E-state index contributed by atoms with van der Waals surface area (Å²) in [5, 5.41) is 1.08. The molecule has 0 radical (unpaired) electrons. The van der Waals surface area contributed by atoms with Crippen molar-refractivity contribution in [2.24, 2.45) is 0 Å². The Morgan fingerprint density at radius 1 is 1.44 bits per heavy atom. The van der Waals surface area contributed by atoms with E-state index < -0.39 is 0 Å². The summed E-state index contributed by atoms with van der Waals surface area (Å²) in [6.45, 7) is 3.70. The highest BCUT2D eigenvalue weighted by Crippen LogP contribution is 2.30. The summed E-state index contributed by atoms with van der Waals surface area (Å²) in [4.78, 5) is 12.9. The SMILES string of the molecule is COCCCN(C)c1nc(N)nc2sc(C)cc12. The van der Waals surface area contributed by atoms with Gasteiger partial charge in [0, 0.05) is 32.2 Å². The summed E-state index contributed by atoms with van der Waals surface area (Å²) >= 11 is 1.64. The van der Waals surface area contributed by atoms with Crippen molar-refractivity contribution in [1.82, 2.24) is 9.97 Å². The predicted octanol–water partition coefficient (Wildman–Crippen LogP) is 2.05. The van der Waals surface area contributed by atoms with E-state index in [9.17, 15) is 0 Å². The molecule has 0 aliphatic rings. The third-order valence-electron chi connectivity index (χ3n) is 2.72. The number of anilines is 2. The van der Waals surface area contributed by atoms with Gasteiger partial charge in [-0.05, 0) is 19.4 Å². The number of aromatic nitrogens is 2. The second kappa shape index (κ2) is 5.49. The van der Waals surface area contributed by atoms with Gasteiger partial charge in [0.1, 0.15) is 10.6 Å². The van der Waals surface area contributed by atoms with E-state index in [1.54, 1.807) is 18.4 Å². The van der Waals surface area contributed by atoms with Crippen LogP contribution in [-0.2, 0) is 4.74 Å². The van der Waals surface area contributed by atoms with Gasteiger partial charge >= 0.3 is 0 Å². The van der Waals surface area contributed by atoms with E-state index in [4.69, 9.17) is 10.5 Å². The molecule has 0 aliphatic carbocycles. The number of hydrogen-bond donors (Lipinski definition) is 1. The molecular weight excluding hydrogens is 248 g/mol. The zero-order chi connectivity index (χ0) is 13.1. The molecule has 98 valence electrons. The lowest BCUT2D eigenvalue weighted by Crippen LogP contribution is -2.21. The Morgan fingerprint density at radius 3 is 2.94 bits per heavy atom. The van der Waals surface area contributed by atoms with Gasteiger partial charge in [-0.25, -0.2) is 4.98 Å². The summed E-state index contributed by atoms with van der Waals surface area (Å²) < 4.78 is 5.06. The van der Waals surface area contributed by atoms with E-state index in [2.05, 4.69) is 27.9 Å². The highest BCUT2D eigenvalue weighted by molar-refractivity contribution is 7.18. The van der Waals surface area contributed by atoms with Crippen molar-refractivity contribution in [3.63, 3.8) is 0 Å². The first-order valence-electron chi connectivity index (χ1n) is 5.85. The Labute approximate surface area is 111 Å². The van der Waals surface area contributed by atoms with E-state index in [0.29, 0.717) is 5.95 Å². The first kappa shape index (κ1) is 13.0. The number of aryl methyl sites for hydroxylation is 1. The van der Waals surface area contributed by atoms with Gasteiger partial charge in [0.05, 0.1) is 5.39 Å². The molecule has 6 heteroatoms. The van der Waals surface area contributed by atoms with Crippen molar-refractivity contribution >= 4 is 33.3 Å². The van der Waals surface area contributed by atoms with E-state index in [0.717, 1.165) is 35.6 Å². The maximum absolute atomic E-state index is 5.76. The number of rotatable bonds is 5. The molecule has 0 bridgehead atoms. The lowest BCUT2D eigenvalue weighted by molar-refractivity contribution is 0.196. The second-order valence-electron chi connectivity index (χ2n) is 4.25. The zero-order valence-electron chi connectivity index (χ0n) is 10.9. The number of fused-ring (bicyclic) bond motifs is 1. The van der Waals surface area contributed by atoms with Gasteiger partial charge in [0.2, 0.25) is 5.95 Å². The second-order valence-corrected chi connectivity index (χ2v) is 5.48. The number of ether oxygens (including phenoxy) is 1. The fourth-order valence-corrected chi connectivity index (χ4v) is 2.77. The molecule has 2 aromatic heterocycles. The number of hydrogen-bond acceptors (Lipinski definition) is 6. The number of methoxy groups -OCH3 is 1. The maximum atomic E-state index is 5.76. The van der Waals surface area contributed by atoms with Gasteiger partial charge in [-0.3, -0.25) is 0 Å². The third kappa shape index (κ3) is 2.70. The largest absolute Gasteiger partial charge is 0.385 e. The first-order chi connectivity index (χ1) is 8.61. The molecule has 0 atom stereocenters. The third-order valence-corrected chi connectivity index (χ3v) is 3.66. The summed E-state index contributed by atoms with van der Waals surface area (Å²) in [5.74, 6) is 1.23. The minimum absolute atomic E-state index is 0.331. The molecule has 0 amide bonds. The van der Waals surface area contributed by atoms with Crippen LogP contribution in [-0.4, -0.2) is 37.3 Å². The van der Waals surface area contributed by atoms with E-state index in [1.165, 1.54) is 4.88 Å². The molecule has 0 aliphatic heterocycles. The molecule has 2 heterocycles. The fourth-order valence-electron chi connectivity index (χ4n) is 1.89. The predicted molar refractivity (Wildman–Crippen MR) is 76.3 cm³/mol. The molecule has 0 saturated carbocycles. The molecule has 5 nitrogen and oxygen atoms in total. The van der Waals surface area contributed by atoms with Crippen molar-refractivity contribution in [3.05, 3.63) is 10.9 Å². The number of nitrogen functional groups attached to an aromatic ring is 1. The fraction of sp³-hybridized carbons (Fsp3) is 0.500. The minimum Gasteiger partial charge on any atom is -0.385 e. The maximum Gasteiger partial charge on any atom is 0.223 e. The quantitative estimate of drug-likeness (QED) is 0.839. The number of nitrogens with two attached hydrogens (primary N) is 1. The van der Waals surface area contributed by atoms with E-state index in [1.807, 2.05) is 7.05 Å². The summed E-state index contributed by atoms with van der Waals surface area (Å²) in [6.07, 6.45) is 0.960. The van der Waals surface area contributed by atoms with Gasteiger partial charge in [-0.1, -0.05) is 0 Å². The molecule has 18 heavy (non-hydrogen) atoms. The van der Waals surface area contributed by atoms with Crippen molar-refractivity contribution < 1.29 is 4.74 Å². The van der Waals surface area contributed by atoms with Crippen LogP contribution in [0.1, 0.15) is 11.3 Å². The van der Waals surface area contributed by atoms with Crippen LogP contribution in [0.5, 0.6) is 0 Å². The highest BCUT2D eigenvalue weighted by Gasteiger charge is 2.12. The Bertz CT molecular complexity index is 540. The van der Waals surface area contributed by atoms with Crippen LogP contribution in [0.4, 0.5) is 11.8 Å². The molecule has 2 N–H and O–H groups in total. The monoisotopic (exact) mass is 266 g/mol. The Hall–Kier alpha value is -1.40. The summed E-state index contributed by atoms with van der Waals surface area (Å²) in [5.41, 5.74) is 5.76. The molecule has 0 spiro atoms. The van der Waals surface area contributed by atoms with Crippen LogP contribution in [0.25, 0.3) is 10.2 Å². The molecular formula is C12H18N4OS. The lowest BCUT2D eigenvalue weighted by atomic mass is 10.3. The first-order valence-corrected chi connectivity index (χ1v) is 6.67. The van der Waals surface area contributed by atoms with Crippen LogP contribution in [0.2, 0.25) is 0 Å². The van der Waals surface area contributed by atoms with Gasteiger partial charge in [0.15, 0.2) is 0 Å². The molecule has 0 fully saturated rings. The smallest absolute Gasteiger partial charge is 0.223 e. The molecule has 0 aromatic carbocycles. The van der Waals surface area contributed by atoms with E-state index >= 15 is 0 Å². The van der Waals surface area contributed by atoms with Crippen molar-refractivity contribution in [1.29, 1.82) is 0 Å². The van der Waals surface area contributed by atoms with Crippen LogP contribution >= 0.6 is 11.3 Å². The van der Waals surface area contributed by atoms with Crippen LogP contribution in [0, 0.1) is 6.92 Å². The van der Waals surface area contributed by atoms with Crippen LogP contribution in [0.15, 0.2) is 6.07 Å². The van der Waals surface area contributed by atoms with Gasteiger partial charge in [0.25, 0.3) is 0 Å². The standard InChI is InChI=1S/C12H18N4OS/c1-8-7-9-10(16(2)5-4-6-17-3)14-12(13)15-11(9)18-8/h7H,4-6H2,1-3H3,(H2,13,14,15). The van der Waals surface area contributed by atoms with Crippen LogP contribution < -0.4 is 10.6 Å². The summed E-state index contributed by atoms with van der Waals surface area (Å²) in [7, 11) is 3.73. The van der Waals surface area contributed by atoms with Gasteiger partial charge in [-0.2, -0.15) is 4.98 Å². The normalized spacial score (nSPS) is 11.1. The molecule has 2 aromatic rings. The van der Waals surface area contributed by atoms with Gasteiger partial charge < -0.3 is 15.4 Å². The number of nitrogens with zero attached hydrogens (tertiary/aromatic N) is 3. The van der Waals surface area contributed by atoms with Crippen molar-refractivity contribution in [2.45, 2.75) is 13.3 Å². The average Bonchev–Trinajstić information content (AvgIpc) is 2.68. The molecule has 2 rings (SSSR count). The van der Waals surface area contributed by atoms with Crippen LogP contribution in [0.3, 0.4) is 0 Å². The zero-order valence-corrected chi connectivity index (χ0v) is 11.8. The number of thiophene rings is 1. The molecule has 0 unspecified atom stereocenters. The van der Waals surface area contributed by atoms with Crippen molar-refractivity contribution in [2.75, 3.05) is 37.9 Å². The highest BCUT2D eigenvalue weighted by atomic mass is 32.1. The summed E-state index contributed by atoms with van der Waals surface area (Å²) in [6, 6.07) is 2.11. The van der Waals surface area contributed by atoms with Crippen molar-refractivity contribution in [3.8, 4) is 0 Å². The Kier molecular flexibility index (Phi) is 3.98. The Morgan fingerprint density at radius 2 is 2.22 bits per heavy atom. The Balaban J connectivity index is 2.30. The lowest BCUT2D eigenvalue weighted by Gasteiger charge is -2.18.